The van der Waals surface area contributed by atoms with Gasteiger partial charge in [0.15, 0.2) is 5.96 Å². The lowest BCUT2D eigenvalue weighted by Crippen LogP contribution is -2.46. The third kappa shape index (κ3) is 6.75. The normalized spacial score (nSPS) is 23.6. The Bertz CT molecular complexity index is 266. The van der Waals surface area contributed by atoms with Crippen molar-refractivity contribution in [3.8, 4) is 0 Å². The minimum atomic E-state index is -0.0629. The standard InChI is InChI=1S/C13H27N3O3/c1-13(5-4-7-19-13)11-16-12(14-2)15-6-8-18-10-9-17-3/h4-11H2,1-3H3,(H2,14,15,16). The van der Waals surface area contributed by atoms with E-state index in [2.05, 4.69) is 22.5 Å². The highest BCUT2D eigenvalue weighted by molar-refractivity contribution is 5.79. The van der Waals surface area contributed by atoms with E-state index < -0.39 is 0 Å². The molecule has 1 aliphatic rings. The van der Waals surface area contributed by atoms with Crippen LogP contribution in [0.4, 0.5) is 0 Å². The number of rotatable bonds is 8. The second kappa shape index (κ2) is 9.12. The van der Waals surface area contributed by atoms with Crippen LogP contribution in [0.15, 0.2) is 4.99 Å². The van der Waals surface area contributed by atoms with Gasteiger partial charge in [0.05, 0.1) is 25.4 Å². The van der Waals surface area contributed by atoms with Gasteiger partial charge in [-0.1, -0.05) is 0 Å². The second-order valence-corrected chi connectivity index (χ2v) is 4.86. The quantitative estimate of drug-likeness (QED) is 0.380. The summed E-state index contributed by atoms with van der Waals surface area (Å²) in [5.74, 6) is 0.784. The van der Waals surface area contributed by atoms with Gasteiger partial charge in [-0.15, -0.1) is 0 Å². The summed E-state index contributed by atoms with van der Waals surface area (Å²) in [5.41, 5.74) is -0.0629. The van der Waals surface area contributed by atoms with Crippen LogP contribution in [0.3, 0.4) is 0 Å². The molecule has 0 radical (unpaired) electrons. The first-order chi connectivity index (χ1) is 9.20. The highest BCUT2D eigenvalue weighted by Gasteiger charge is 2.29. The van der Waals surface area contributed by atoms with Crippen LogP contribution in [0.25, 0.3) is 0 Å². The van der Waals surface area contributed by atoms with E-state index in [4.69, 9.17) is 14.2 Å². The van der Waals surface area contributed by atoms with Crippen molar-refractivity contribution in [1.29, 1.82) is 0 Å². The summed E-state index contributed by atoms with van der Waals surface area (Å²) in [6.07, 6.45) is 2.23. The van der Waals surface area contributed by atoms with Gasteiger partial charge in [-0.3, -0.25) is 4.99 Å². The molecule has 0 saturated carbocycles. The number of hydrogen-bond donors (Lipinski definition) is 2. The zero-order valence-corrected chi connectivity index (χ0v) is 12.3. The lowest BCUT2D eigenvalue weighted by atomic mass is 10.0. The van der Waals surface area contributed by atoms with Gasteiger partial charge in [0.2, 0.25) is 0 Å². The molecule has 1 heterocycles. The Labute approximate surface area is 115 Å². The van der Waals surface area contributed by atoms with Crippen molar-refractivity contribution in [3.05, 3.63) is 0 Å². The Hall–Kier alpha value is -0.850. The first-order valence-electron chi connectivity index (χ1n) is 6.85. The molecule has 0 aromatic rings. The summed E-state index contributed by atoms with van der Waals surface area (Å²) in [6.45, 7) is 6.38. The maximum Gasteiger partial charge on any atom is 0.191 e. The molecular formula is C13H27N3O3. The third-order valence-corrected chi connectivity index (χ3v) is 3.12. The molecule has 0 spiro atoms. The van der Waals surface area contributed by atoms with Gasteiger partial charge in [0.1, 0.15) is 0 Å². The van der Waals surface area contributed by atoms with E-state index in [-0.39, 0.29) is 5.60 Å². The summed E-state index contributed by atoms with van der Waals surface area (Å²) in [7, 11) is 3.43. The smallest absolute Gasteiger partial charge is 0.191 e. The van der Waals surface area contributed by atoms with Crippen LogP contribution in [-0.2, 0) is 14.2 Å². The summed E-state index contributed by atoms with van der Waals surface area (Å²) >= 11 is 0. The molecule has 1 fully saturated rings. The van der Waals surface area contributed by atoms with Crippen molar-refractivity contribution < 1.29 is 14.2 Å². The molecular weight excluding hydrogens is 246 g/mol. The molecule has 0 amide bonds. The second-order valence-electron chi connectivity index (χ2n) is 4.86. The van der Waals surface area contributed by atoms with E-state index in [0.29, 0.717) is 19.8 Å². The number of hydrogen-bond acceptors (Lipinski definition) is 4. The summed E-state index contributed by atoms with van der Waals surface area (Å²) in [4.78, 5) is 4.17. The van der Waals surface area contributed by atoms with Crippen molar-refractivity contribution in [3.63, 3.8) is 0 Å². The largest absolute Gasteiger partial charge is 0.382 e. The van der Waals surface area contributed by atoms with Crippen LogP contribution in [0.5, 0.6) is 0 Å². The number of aliphatic imine (C=N–C) groups is 1. The Morgan fingerprint density at radius 3 is 2.79 bits per heavy atom. The maximum absolute atomic E-state index is 5.72. The molecule has 1 saturated heterocycles. The molecule has 6 heteroatoms. The highest BCUT2D eigenvalue weighted by Crippen LogP contribution is 2.23. The molecule has 6 nitrogen and oxygen atoms in total. The van der Waals surface area contributed by atoms with E-state index in [9.17, 15) is 0 Å². The fourth-order valence-corrected chi connectivity index (χ4v) is 1.95. The van der Waals surface area contributed by atoms with Crippen molar-refractivity contribution in [2.45, 2.75) is 25.4 Å². The predicted molar refractivity (Wildman–Crippen MR) is 75.7 cm³/mol. The molecule has 1 unspecified atom stereocenters. The predicted octanol–water partition coefficient (Wildman–Crippen LogP) is 0.384. The van der Waals surface area contributed by atoms with Gasteiger partial charge >= 0.3 is 0 Å². The molecule has 1 aliphatic heterocycles. The minimum absolute atomic E-state index is 0.0629. The summed E-state index contributed by atoms with van der Waals surface area (Å²) < 4.78 is 16.0. The molecule has 1 atom stereocenters. The topological polar surface area (TPSA) is 64.1 Å². The van der Waals surface area contributed by atoms with Crippen LogP contribution < -0.4 is 10.6 Å². The zero-order chi connectivity index (χ0) is 14.0. The van der Waals surface area contributed by atoms with Crippen LogP contribution in [0.1, 0.15) is 19.8 Å². The number of ether oxygens (including phenoxy) is 3. The number of methoxy groups -OCH3 is 1. The summed E-state index contributed by atoms with van der Waals surface area (Å²) in [6, 6.07) is 0. The van der Waals surface area contributed by atoms with Gasteiger partial charge in [0, 0.05) is 33.9 Å². The monoisotopic (exact) mass is 273 g/mol. The average Bonchev–Trinajstić information content (AvgIpc) is 2.84. The zero-order valence-electron chi connectivity index (χ0n) is 12.3. The van der Waals surface area contributed by atoms with E-state index in [1.54, 1.807) is 14.2 Å². The Kier molecular flexibility index (Phi) is 7.78. The SMILES string of the molecule is CN=C(NCCOCCOC)NCC1(C)CCCO1. The van der Waals surface area contributed by atoms with Gasteiger partial charge in [-0.05, 0) is 19.8 Å². The number of nitrogens with one attached hydrogen (secondary N) is 2. The molecule has 112 valence electrons. The molecule has 2 N–H and O–H groups in total. The summed E-state index contributed by atoms with van der Waals surface area (Å²) in [5, 5.41) is 6.49. The van der Waals surface area contributed by atoms with Gasteiger partial charge in [-0.2, -0.15) is 0 Å². The van der Waals surface area contributed by atoms with Gasteiger partial charge in [-0.25, -0.2) is 0 Å². The van der Waals surface area contributed by atoms with E-state index in [0.717, 1.165) is 38.5 Å². The number of nitrogens with zero attached hydrogens (tertiary/aromatic N) is 1. The third-order valence-electron chi connectivity index (χ3n) is 3.12. The van der Waals surface area contributed by atoms with E-state index >= 15 is 0 Å². The van der Waals surface area contributed by atoms with Crippen molar-refractivity contribution >= 4 is 5.96 Å². The molecule has 1 rings (SSSR count). The van der Waals surface area contributed by atoms with Crippen molar-refractivity contribution in [2.24, 2.45) is 4.99 Å². The van der Waals surface area contributed by atoms with E-state index in [1.807, 2.05) is 0 Å². The van der Waals surface area contributed by atoms with E-state index in [1.165, 1.54) is 0 Å². The van der Waals surface area contributed by atoms with Crippen LogP contribution in [0.2, 0.25) is 0 Å². The van der Waals surface area contributed by atoms with Gasteiger partial charge in [0.25, 0.3) is 0 Å². The lowest BCUT2D eigenvalue weighted by molar-refractivity contribution is 0.0242. The van der Waals surface area contributed by atoms with Crippen molar-refractivity contribution in [1.82, 2.24) is 10.6 Å². The molecule has 0 aromatic carbocycles. The fourth-order valence-electron chi connectivity index (χ4n) is 1.95. The number of guanidine groups is 1. The Balaban J connectivity index is 2.09. The molecule has 0 bridgehead atoms. The molecule has 19 heavy (non-hydrogen) atoms. The first-order valence-corrected chi connectivity index (χ1v) is 6.85. The van der Waals surface area contributed by atoms with Crippen molar-refractivity contribution in [2.75, 3.05) is 53.7 Å². The average molecular weight is 273 g/mol. The van der Waals surface area contributed by atoms with Crippen LogP contribution >= 0.6 is 0 Å². The Morgan fingerprint density at radius 1 is 1.32 bits per heavy atom. The van der Waals surface area contributed by atoms with Crippen LogP contribution in [0, 0.1) is 0 Å². The Morgan fingerprint density at radius 2 is 2.16 bits per heavy atom. The molecule has 0 aliphatic carbocycles. The first kappa shape index (κ1) is 16.2. The molecule has 0 aromatic heterocycles. The highest BCUT2D eigenvalue weighted by atomic mass is 16.5. The lowest BCUT2D eigenvalue weighted by Gasteiger charge is -2.24. The maximum atomic E-state index is 5.72. The van der Waals surface area contributed by atoms with Crippen LogP contribution in [-0.4, -0.2) is 65.2 Å². The van der Waals surface area contributed by atoms with Gasteiger partial charge < -0.3 is 24.8 Å². The fraction of sp³-hybridized carbons (Fsp3) is 0.923. The minimum Gasteiger partial charge on any atom is -0.382 e.